The van der Waals surface area contributed by atoms with Gasteiger partial charge in [0.2, 0.25) is 0 Å². The Balaban J connectivity index is 1.95. The first-order chi connectivity index (χ1) is 7.92. The van der Waals surface area contributed by atoms with E-state index in [1.165, 1.54) is 10.3 Å². The summed E-state index contributed by atoms with van der Waals surface area (Å²) in [5.74, 6) is 0. The standard InChI is InChI=1S/C13H10N2S/c1-2-6-12-11(5-1)15-13(16-12)8-10-4-3-7-14-9-10/h1-7,9H,8H2. The summed E-state index contributed by atoms with van der Waals surface area (Å²) >= 11 is 1.75. The van der Waals surface area contributed by atoms with E-state index in [-0.39, 0.29) is 0 Å². The number of nitrogens with zero attached hydrogens (tertiary/aromatic N) is 2. The molecule has 0 aliphatic heterocycles. The summed E-state index contributed by atoms with van der Waals surface area (Å²) in [5.41, 5.74) is 2.30. The van der Waals surface area contributed by atoms with Crippen LogP contribution in [0.25, 0.3) is 10.2 Å². The first-order valence-corrected chi connectivity index (χ1v) is 5.97. The minimum absolute atomic E-state index is 0.868. The van der Waals surface area contributed by atoms with Gasteiger partial charge in [-0.05, 0) is 23.8 Å². The van der Waals surface area contributed by atoms with E-state index < -0.39 is 0 Å². The maximum absolute atomic E-state index is 4.60. The van der Waals surface area contributed by atoms with Crippen molar-refractivity contribution in [3.8, 4) is 0 Å². The van der Waals surface area contributed by atoms with Gasteiger partial charge in [0.15, 0.2) is 0 Å². The van der Waals surface area contributed by atoms with Crippen LogP contribution in [0.2, 0.25) is 0 Å². The van der Waals surface area contributed by atoms with Crippen LogP contribution in [0.4, 0.5) is 0 Å². The van der Waals surface area contributed by atoms with Gasteiger partial charge in [-0.15, -0.1) is 11.3 Å². The lowest BCUT2D eigenvalue weighted by Crippen LogP contribution is -1.86. The lowest BCUT2D eigenvalue weighted by atomic mass is 10.2. The molecule has 0 radical (unpaired) electrons. The molecule has 3 aromatic rings. The van der Waals surface area contributed by atoms with Crippen molar-refractivity contribution in [3.05, 3.63) is 59.4 Å². The van der Waals surface area contributed by atoms with Crippen LogP contribution in [0.5, 0.6) is 0 Å². The first kappa shape index (κ1) is 9.48. The molecular formula is C13H10N2S. The van der Waals surface area contributed by atoms with Crippen LogP contribution in [0.3, 0.4) is 0 Å². The van der Waals surface area contributed by atoms with E-state index in [0.717, 1.165) is 16.9 Å². The predicted octanol–water partition coefficient (Wildman–Crippen LogP) is 3.28. The van der Waals surface area contributed by atoms with Crippen molar-refractivity contribution in [1.82, 2.24) is 9.97 Å². The summed E-state index contributed by atoms with van der Waals surface area (Å²) in [5, 5.41) is 1.15. The maximum Gasteiger partial charge on any atom is 0.0983 e. The van der Waals surface area contributed by atoms with Crippen LogP contribution in [0, 0.1) is 0 Å². The number of benzene rings is 1. The Morgan fingerprint density at radius 3 is 2.81 bits per heavy atom. The highest BCUT2D eigenvalue weighted by atomic mass is 32.1. The van der Waals surface area contributed by atoms with Crippen molar-refractivity contribution in [1.29, 1.82) is 0 Å². The summed E-state index contributed by atoms with van der Waals surface area (Å²) in [6, 6.07) is 12.3. The molecule has 0 atom stereocenters. The van der Waals surface area contributed by atoms with E-state index in [4.69, 9.17) is 0 Å². The molecule has 0 spiro atoms. The van der Waals surface area contributed by atoms with Crippen molar-refractivity contribution in [3.63, 3.8) is 0 Å². The molecule has 0 N–H and O–H groups in total. The fourth-order valence-corrected chi connectivity index (χ4v) is 2.67. The highest BCUT2D eigenvalue weighted by Crippen LogP contribution is 2.23. The number of thiazole rings is 1. The van der Waals surface area contributed by atoms with Gasteiger partial charge in [0, 0.05) is 18.8 Å². The van der Waals surface area contributed by atoms with Crippen molar-refractivity contribution >= 4 is 21.6 Å². The third kappa shape index (κ3) is 1.82. The van der Waals surface area contributed by atoms with E-state index in [2.05, 4.69) is 28.2 Å². The summed E-state index contributed by atoms with van der Waals surface area (Å²) < 4.78 is 1.25. The molecule has 3 heteroatoms. The van der Waals surface area contributed by atoms with Gasteiger partial charge in [0.05, 0.1) is 15.2 Å². The van der Waals surface area contributed by atoms with Gasteiger partial charge in [-0.1, -0.05) is 18.2 Å². The van der Waals surface area contributed by atoms with E-state index in [1.54, 1.807) is 17.5 Å². The van der Waals surface area contributed by atoms with E-state index in [1.807, 2.05) is 24.4 Å². The number of pyridine rings is 1. The van der Waals surface area contributed by atoms with Crippen LogP contribution in [-0.2, 0) is 6.42 Å². The number of hydrogen-bond acceptors (Lipinski definition) is 3. The molecule has 16 heavy (non-hydrogen) atoms. The van der Waals surface area contributed by atoms with Crippen LogP contribution in [0.1, 0.15) is 10.6 Å². The Kier molecular flexibility index (Phi) is 2.38. The van der Waals surface area contributed by atoms with Gasteiger partial charge >= 0.3 is 0 Å². The molecule has 2 aromatic heterocycles. The largest absolute Gasteiger partial charge is 0.264 e. The van der Waals surface area contributed by atoms with Crippen molar-refractivity contribution < 1.29 is 0 Å². The molecule has 0 amide bonds. The van der Waals surface area contributed by atoms with Gasteiger partial charge in [0.1, 0.15) is 0 Å². The summed E-state index contributed by atoms with van der Waals surface area (Å²) in [4.78, 5) is 8.71. The van der Waals surface area contributed by atoms with Gasteiger partial charge in [-0.25, -0.2) is 4.98 Å². The monoisotopic (exact) mass is 226 g/mol. The molecule has 2 heterocycles. The highest BCUT2D eigenvalue weighted by Gasteiger charge is 2.03. The van der Waals surface area contributed by atoms with Crippen LogP contribution < -0.4 is 0 Å². The molecule has 2 nitrogen and oxygen atoms in total. The van der Waals surface area contributed by atoms with Crippen LogP contribution in [0.15, 0.2) is 48.8 Å². The highest BCUT2D eigenvalue weighted by molar-refractivity contribution is 7.18. The molecule has 0 unspecified atom stereocenters. The fourth-order valence-electron chi connectivity index (χ4n) is 1.67. The quantitative estimate of drug-likeness (QED) is 0.670. The Hall–Kier alpha value is -1.74. The predicted molar refractivity (Wildman–Crippen MR) is 66.7 cm³/mol. The lowest BCUT2D eigenvalue weighted by molar-refractivity contribution is 1.12. The molecule has 1 aromatic carbocycles. The van der Waals surface area contributed by atoms with E-state index >= 15 is 0 Å². The number of aromatic nitrogens is 2. The van der Waals surface area contributed by atoms with Gasteiger partial charge in [0.25, 0.3) is 0 Å². The number of rotatable bonds is 2. The normalized spacial score (nSPS) is 10.8. The Morgan fingerprint density at radius 1 is 1.06 bits per heavy atom. The summed E-state index contributed by atoms with van der Waals surface area (Å²) in [6.45, 7) is 0. The van der Waals surface area contributed by atoms with Gasteiger partial charge < -0.3 is 0 Å². The second kappa shape index (κ2) is 4.02. The van der Waals surface area contributed by atoms with Crippen molar-refractivity contribution in [2.24, 2.45) is 0 Å². The summed E-state index contributed by atoms with van der Waals surface area (Å²) in [6.07, 6.45) is 4.56. The molecule has 78 valence electrons. The smallest absolute Gasteiger partial charge is 0.0983 e. The van der Waals surface area contributed by atoms with Crippen molar-refractivity contribution in [2.45, 2.75) is 6.42 Å². The van der Waals surface area contributed by atoms with Gasteiger partial charge in [-0.3, -0.25) is 4.98 Å². The van der Waals surface area contributed by atoms with Crippen molar-refractivity contribution in [2.75, 3.05) is 0 Å². The average molecular weight is 226 g/mol. The molecule has 0 bridgehead atoms. The fraction of sp³-hybridized carbons (Fsp3) is 0.0769. The molecule has 0 aliphatic carbocycles. The molecule has 0 saturated heterocycles. The van der Waals surface area contributed by atoms with E-state index in [9.17, 15) is 0 Å². The molecular weight excluding hydrogens is 216 g/mol. The topological polar surface area (TPSA) is 25.8 Å². The minimum atomic E-state index is 0.868. The minimum Gasteiger partial charge on any atom is -0.264 e. The second-order valence-corrected chi connectivity index (χ2v) is 4.73. The SMILES string of the molecule is c1cncc(Cc2nc3ccccc3s2)c1. The van der Waals surface area contributed by atoms with Crippen LogP contribution >= 0.6 is 11.3 Å². The lowest BCUT2D eigenvalue weighted by Gasteiger charge is -1.94. The van der Waals surface area contributed by atoms with E-state index in [0.29, 0.717) is 0 Å². The summed E-state index contributed by atoms with van der Waals surface area (Å²) in [7, 11) is 0. The maximum atomic E-state index is 4.60. The van der Waals surface area contributed by atoms with Crippen LogP contribution in [-0.4, -0.2) is 9.97 Å². The van der Waals surface area contributed by atoms with Gasteiger partial charge in [-0.2, -0.15) is 0 Å². The Labute approximate surface area is 97.6 Å². The zero-order valence-corrected chi connectivity index (χ0v) is 9.45. The first-order valence-electron chi connectivity index (χ1n) is 5.15. The molecule has 3 rings (SSSR count). The zero-order valence-electron chi connectivity index (χ0n) is 8.63. The zero-order chi connectivity index (χ0) is 10.8. The molecule has 0 fully saturated rings. The average Bonchev–Trinajstić information content (AvgIpc) is 2.72. The molecule has 0 saturated carbocycles. The third-order valence-electron chi connectivity index (χ3n) is 2.42. The number of fused-ring (bicyclic) bond motifs is 1. The second-order valence-electron chi connectivity index (χ2n) is 3.61. The molecule has 0 aliphatic rings. The number of hydrogen-bond donors (Lipinski definition) is 0. The number of para-hydroxylation sites is 1. The Morgan fingerprint density at radius 2 is 2.00 bits per heavy atom. The third-order valence-corrected chi connectivity index (χ3v) is 3.45. The Bertz CT molecular complexity index is 568.